The number of sulfonamides is 1. The van der Waals surface area contributed by atoms with Crippen LogP contribution in [0.15, 0.2) is 52.1 Å². The second kappa shape index (κ2) is 8.94. The predicted octanol–water partition coefficient (Wildman–Crippen LogP) is 3.27. The zero-order valence-electron chi connectivity index (χ0n) is 17.6. The molecule has 164 valence electrons. The minimum Gasteiger partial charge on any atom is -0.352 e. The number of carbonyl (C=O) groups excluding carboxylic acids is 1. The van der Waals surface area contributed by atoms with Gasteiger partial charge in [-0.1, -0.05) is 24.3 Å². The lowest BCUT2D eigenvalue weighted by Crippen LogP contribution is -2.45. The van der Waals surface area contributed by atoms with E-state index < -0.39 is 10.0 Å². The van der Waals surface area contributed by atoms with E-state index in [1.807, 2.05) is 48.9 Å². The summed E-state index contributed by atoms with van der Waals surface area (Å²) in [6, 6.07) is 13.2. The Hall–Kier alpha value is -2.49. The van der Waals surface area contributed by atoms with Crippen LogP contribution in [-0.4, -0.2) is 41.5 Å². The Bertz CT molecular complexity index is 1160. The number of para-hydroxylation sites is 1. The molecule has 0 aliphatic carbocycles. The van der Waals surface area contributed by atoms with Crippen molar-refractivity contribution in [1.82, 2.24) is 19.4 Å². The largest absolute Gasteiger partial charge is 0.352 e. The van der Waals surface area contributed by atoms with Gasteiger partial charge in [-0.3, -0.25) is 4.79 Å². The van der Waals surface area contributed by atoms with Crippen LogP contribution >= 0.6 is 11.3 Å². The maximum Gasteiger partial charge on any atom is 0.252 e. The van der Waals surface area contributed by atoms with Gasteiger partial charge in [0, 0.05) is 30.9 Å². The molecule has 0 saturated carbocycles. The number of thiophene rings is 1. The van der Waals surface area contributed by atoms with Crippen LogP contribution in [0.25, 0.3) is 5.69 Å². The maximum absolute atomic E-state index is 12.9. The molecule has 7 nitrogen and oxygen atoms in total. The molecular weight excluding hydrogens is 432 g/mol. The molecule has 1 aliphatic rings. The van der Waals surface area contributed by atoms with Crippen molar-refractivity contribution in [2.45, 2.75) is 37.4 Å². The fourth-order valence-electron chi connectivity index (χ4n) is 3.98. The van der Waals surface area contributed by atoms with Crippen molar-refractivity contribution in [3.63, 3.8) is 0 Å². The van der Waals surface area contributed by atoms with E-state index in [9.17, 15) is 13.2 Å². The van der Waals surface area contributed by atoms with Crippen molar-refractivity contribution in [3.05, 3.63) is 64.8 Å². The Labute approximate surface area is 186 Å². The SMILES string of the molecule is Cc1nn(-c2ccccc2)c(C)c1CNC(=O)C1CCCN(S(=O)(=O)c2cccs2)C1. The maximum atomic E-state index is 12.9. The van der Waals surface area contributed by atoms with Crippen molar-refractivity contribution in [2.75, 3.05) is 13.1 Å². The van der Waals surface area contributed by atoms with Gasteiger partial charge in [-0.05, 0) is 50.3 Å². The molecule has 9 heteroatoms. The van der Waals surface area contributed by atoms with Gasteiger partial charge in [0.05, 0.1) is 17.3 Å². The molecule has 0 radical (unpaired) electrons. The van der Waals surface area contributed by atoms with E-state index >= 15 is 0 Å². The first-order chi connectivity index (χ1) is 14.9. The van der Waals surface area contributed by atoms with Crippen molar-refractivity contribution in [1.29, 1.82) is 0 Å². The van der Waals surface area contributed by atoms with Gasteiger partial charge in [0.25, 0.3) is 10.0 Å². The van der Waals surface area contributed by atoms with E-state index in [1.54, 1.807) is 17.5 Å². The molecule has 3 aromatic rings. The standard InChI is InChI=1S/C22H26N4O3S2/c1-16-20(17(2)26(24-16)19-9-4-3-5-10-19)14-23-22(27)18-8-6-12-25(15-18)31(28,29)21-11-7-13-30-21/h3-5,7,9-11,13,18H,6,8,12,14-15H2,1-2H3,(H,23,27). The fourth-order valence-corrected chi connectivity index (χ4v) is 6.65. The first-order valence-electron chi connectivity index (χ1n) is 10.3. The lowest BCUT2D eigenvalue weighted by atomic mass is 9.98. The van der Waals surface area contributed by atoms with E-state index in [2.05, 4.69) is 10.4 Å². The number of hydrogen-bond acceptors (Lipinski definition) is 5. The summed E-state index contributed by atoms with van der Waals surface area (Å²) in [6.45, 7) is 4.96. The van der Waals surface area contributed by atoms with Gasteiger partial charge in [-0.15, -0.1) is 11.3 Å². The smallest absolute Gasteiger partial charge is 0.252 e. The fraction of sp³-hybridized carbons (Fsp3) is 0.364. The van der Waals surface area contributed by atoms with E-state index in [1.165, 1.54) is 15.6 Å². The van der Waals surface area contributed by atoms with E-state index in [4.69, 9.17) is 0 Å². The Kier molecular flexibility index (Phi) is 6.27. The molecule has 4 rings (SSSR count). The molecule has 1 fully saturated rings. The van der Waals surface area contributed by atoms with Gasteiger partial charge in [0.15, 0.2) is 0 Å². The third-order valence-corrected chi connectivity index (χ3v) is 8.96. The summed E-state index contributed by atoms with van der Waals surface area (Å²) < 4.78 is 29.3. The van der Waals surface area contributed by atoms with Crippen LogP contribution in [0, 0.1) is 19.8 Å². The monoisotopic (exact) mass is 458 g/mol. The van der Waals surface area contributed by atoms with Crippen molar-refractivity contribution < 1.29 is 13.2 Å². The second-order valence-corrected chi connectivity index (χ2v) is 10.9. The summed E-state index contributed by atoms with van der Waals surface area (Å²) in [6.07, 6.45) is 1.36. The summed E-state index contributed by atoms with van der Waals surface area (Å²) in [5.41, 5.74) is 3.81. The van der Waals surface area contributed by atoms with Gasteiger partial charge in [0.1, 0.15) is 4.21 Å². The zero-order valence-corrected chi connectivity index (χ0v) is 19.2. The van der Waals surface area contributed by atoms with Crippen LogP contribution in [0.5, 0.6) is 0 Å². The molecule has 31 heavy (non-hydrogen) atoms. The van der Waals surface area contributed by atoms with Gasteiger partial charge in [0.2, 0.25) is 5.91 Å². The Morgan fingerprint density at radius 2 is 1.97 bits per heavy atom. The number of aromatic nitrogens is 2. The average Bonchev–Trinajstić information content (AvgIpc) is 3.42. The highest BCUT2D eigenvalue weighted by molar-refractivity contribution is 7.91. The Morgan fingerprint density at radius 1 is 1.19 bits per heavy atom. The third kappa shape index (κ3) is 4.44. The highest BCUT2D eigenvalue weighted by atomic mass is 32.2. The number of amides is 1. The van der Waals surface area contributed by atoms with E-state index in [0.29, 0.717) is 30.1 Å². The lowest BCUT2D eigenvalue weighted by molar-refractivity contribution is -0.126. The van der Waals surface area contributed by atoms with Crippen LogP contribution in [0.2, 0.25) is 0 Å². The first-order valence-corrected chi connectivity index (χ1v) is 12.6. The number of nitrogens with one attached hydrogen (secondary N) is 1. The van der Waals surface area contributed by atoms with Crippen LogP contribution in [0.1, 0.15) is 29.8 Å². The van der Waals surface area contributed by atoms with E-state index in [0.717, 1.165) is 22.6 Å². The summed E-state index contributed by atoms with van der Waals surface area (Å²) >= 11 is 1.20. The molecule has 1 aromatic carbocycles. The Balaban J connectivity index is 1.43. The van der Waals surface area contributed by atoms with E-state index in [-0.39, 0.29) is 18.4 Å². The quantitative estimate of drug-likeness (QED) is 0.614. The molecule has 0 spiro atoms. The molecule has 0 bridgehead atoms. The molecule has 2 aromatic heterocycles. The highest BCUT2D eigenvalue weighted by Crippen LogP contribution is 2.26. The highest BCUT2D eigenvalue weighted by Gasteiger charge is 2.33. The topological polar surface area (TPSA) is 84.3 Å². The van der Waals surface area contributed by atoms with Crippen LogP contribution in [-0.2, 0) is 21.4 Å². The molecule has 1 atom stereocenters. The van der Waals surface area contributed by atoms with Gasteiger partial charge in [-0.2, -0.15) is 9.40 Å². The Morgan fingerprint density at radius 3 is 2.68 bits per heavy atom. The lowest BCUT2D eigenvalue weighted by Gasteiger charge is -2.30. The minimum atomic E-state index is -3.53. The van der Waals surface area contributed by atoms with Gasteiger partial charge < -0.3 is 5.32 Å². The number of piperidine rings is 1. The number of aryl methyl sites for hydroxylation is 1. The van der Waals surface area contributed by atoms with Crippen LogP contribution < -0.4 is 5.32 Å². The van der Waals surface area contributed by atoms with Crippen LogP contribution in [0.3, 0.4) is 0 Å². The number of hydrogen-bond donors (Lipinski definition) is 1. The molecule has 1 saturated heterocycles. The molecule has 3 heterocycles. The summed E-state index contributed by atoms with van der Waals surface area (Å²) in [5.74, 6) is -0.467. The van der Waals surface area contributed by atoms with Gasteiger partial charge >= 0.3 is 0 Å². The molecule has 1 unspecified atom stereocenters. The zero-order chi connectivity index (χ0) is 22.0. The normalized spacial score (nSPS) is 17.5. The van der Waals surface area contributed by atoms with Crippen LogP contribution in [0.4, 0.5) is 0 Å². The summed E-state index contributed by atoms with van der Waals surface area (Å²) in [5, 5.41) is 9.38. The molecule has 1 aliphatic heterocycles. The number of benzene rings is 1. The third-order valence-electron chi connectivity index (χ3n) is 5.73. The molecule has 1 N–H and O–H groups in total. The number of rotatable bonds is 6. The molecular formula is C22H26N4O3S2. The average molecular weight is 459 g/mol. The first kappa shape index (κ1) is 21.7. The van der Waals surface area contributed by atoms with Crippen molar-refractivity contribution >= 4 is 27.3 Å². The predicted molar refractivity (Wildman–Crippen MR) is 121 cm³/mol. The van der Waals surface area contributed by atoms with Gasteiger partial charge in [-0.25, -0.2) is 13.1 Å². The minimum absolute atomic E-state index is 0.114. The second-order valence-electron chi connectivity index (χ2n) is 7.75. The van der Waals surface area contributed by atoms with Crippen molar-refractivity contribution in [2.24, 2.45) is 5.92 Å². The molecule has 1 amide bonds. The van der Waals surface area contributed by atoms with Crippen molar-refractivity contribution in [3.8, 4) is 5.69 Å². The number of carbonyl (C=O) groups is 1. The summed E-state index contributed by atoms with van der Waals surface area (Å²) in [7, 11) is -3.53. The number of nitrogens with zero attached hydrogens (tertiary/aromatic N) is 3. The summed E-state index contributed by atoms with van der Waals surface area (Å²) in [4.78, 5) is 12.9.